The molecule has 0 aliphatic heterocycles. The van der Waals surface area contributed by atoms with Gasteiger partial charge >= 0.3 is 0 Å². The Bertz CT molecular complexity index is 610. The summed E-state index contributed by atoms with van der Waals surface area (Å²) in [6.45, 7) is 2.93. The van der Waals surface area contributed by atoms with E-state index in [1.165, 1.54) is 0 Å². The topological polar surface area (TPSA) is 66.0 Å². The van der Waals surface area contributed by atoms with Crippen LogP contribution in [0.15, 0.2) is 30.3 Å². The van der Waals surface area contributed by atoms with Crippen LogP contribution in [0.5, 0.6) is 0 Å². The van der Waals surface area contributed by atoms with Crippen molar-refractivity contribution < 1.29 is 4.74 Å². The highest BCUT2D eigenvalue weighted by Crippen LogP contribution is 2.33. The van der Waals surface area contributed by atoms with Crippen molar-refractivity contribution in [2.24, 2.45) is 5.73 Å². The van der Waals surface area contributed by atoms with Gasteiger partial charge in [0.15, 0.2) is 5.82 Å². The minimum atomic E-state index is 0.0749. The quantitative estimate of drug-likeness (QED) is 0.942. The molecule has 0 radical (unpaired) electrons. The lowest BCUT2D eigenvalue weighted by molar-refractivity contribution is 0.0480. The van der Waals surface area contributed by atoms with Gasteiger partial charge in [-0.15, -0.1) is 0 Å². The van der Waals surface area contributed by atoms with Crippen molar-refractivity contribution in [2.45, 2.75) is 50.8 Å². The molecule has 0 spiro atoms. The maximum absolute atomic E-state index is 6.24. The highest BCUT2D eigenvalue weighted by molar-refractivity contribution is 5.54. The van der Waals surface area contributed by atoms with Crippen LogP contribution in [0.4, 0.5) is 0 Å². The number of benzene rings is 1. The van der Waals surface area contributed by atoms with Crippen LogP contribution in [0.25, 0.3) is 11.4 Å². The van der Waals surface area contributed by atoms with Crippen molar-refractivity contribution in [3.05, 3.63) is 36.2 Å². The second-order valence-corrected chi connectivity index (χ2v) is 5.92. The SMILES string of the molecule is CCn1nc(-c2ccccc2)nc1[C@H]1CC[C@@H](OC)[C@H](N)C1. The van der Waals surface area contributed by atoms with Gasteiger partial charge in [0, 0.05) is 31.2 Å². The molecule has 5 heteroatoms. The normalized spacial score (nSPS) is 25.3. The average Bonchev–Trinajstić information content (AvgIpc) is 3.00. The first-order chi connectivity index (χ1) is 10.7. The molecule has 1 aliphatic carbocycles. The Morgan fingerprint density at radius 1 is 1.27 bits per heavy atom. The molecule has 2 aromatic rings. The zero-order chi connectivity index (χ0) is 15.5. The van der Waals surface area contributed by atoms with E-state index < -0.39 is 0 Å². The maximum atomic E-state index is 6.24. The third-order valence-electron chi connectivity index (χ3n) is 4.53. The number of nitrogens with zero attached hydrogens (tertiary/aromatic N) is 3. The summed E-state index contributed by atoms with van der Waals surface area (Å²) in [4.78, 5) is 4.82. The monoisotopic (exact) mass is 300 g/mol. The number of methoxy groups -OCH3 is 1. The summed E-state index contributed by atoms with van der Waals surface area (Å²) in [5, 5.41) is 4.67. The Balaban J connectivity index is 1.86. The number of aryl methyl sites for hydroxylation is 1. The van der Waals surface area contributed by atoms with Gasteiger partial charge in [-0.2, -0.15) is 5.10 Å². The molecule has 0 bridgehead atoms. The van der Waals surface area contributed by atoms with Gasteiger partial charge in [-0.1, -0.05) is 30.3 Å². The largest absolute Gasteiger partial charge is 0.380 e. The average molecular weight is 300 g/mol. The molecule has 118 valence electrons. The summed E-state index contributed by atoms with van der Waals surface area (Å²) in [5.41, 5.74) is 7.31. The maximum Gasteiger partial charge on any atom is 0.181 e. The third kappa shape index (κ3) is 2.91. The molecular formula is C17H24N4O. The van der Waals surface area contributed by atoms with Gasteiger partial charge in [0.05, 0.1) is 6.10 Å². The second-order valence-electron chi connectivity index (χ2n) is 5.92. The third-order valence-corrected chi connectivity index (χ3v) is 4.53. The smallest absolute Gasteiger partial charge is 0.181 e. The number of hydrogen-bond donors (Lipinski definition) is 1. The molecule has 1 saturated carbocycles. The van der Waals surface area contributed by atoms with Gasteiger partial charge in [0.25, 0.3) is 0 Å². The van der Waals surface area contributed by atoms with Crippen LogP contribution in [0.1, 0.15) is 37.9 Å². The van der Waals surface area contributed by atoms with Crippen molar-refractivity contribution in [2.75, 3.05) is 7.11 Å². The predicted molar refractivity (Wildman–Crippen MR) is 86.5 cm³/mol. The fourth-order valence-electron chi connectivity index (χ4n) is 3.30. The fraction of sp³-hybridized carbons (Fsp3) is 0.529. The number of hydrogen-bond acceptors (Lipinski definition) is 4. The molecule has 22 heavy (non-hydrogen) atoms. The molecular weight excluding hydrogens is 276 g/mol. The first-order valence-electron chi connectivity index (χ1n) is 8.01. The summed E-state index contributed by atoms with van der Waals surface area (Å²) < 4.78 is 7.47. The Morgan fingerprint density at radius 3 is 2.68 bits per heavy atom. The molecule has 2 N–H and O–H groups in total. The van der Waals surface area contributed by atoms with E-state index in [1.54, 1.807) is 7.11 Å². The second kappa shape index (κ2) is 6.58. The Kier molecular flexibility index (Phi) is 4.55. The molecule has 1 fully saturated rings. The summed E-state index contributed by atoms with van der Waals surface area (Å²) in [7, 11) is 1.74. The van der Waals surface area contributed by atoms with Gasteiger partial charge < -0.3 is 10.5 Å². The summed E-state index contributed by atoms with van der Waals surface area (Å²) >= 11 is 0. The Hall–Kier alpha value is -1.72. The van der Waals surface area contributed by atoms with E-state index in [1.807, 2.05) is 35.0 Å². The molecule has 5 nitrogen and oxygen atoms in total. The van der Waals surface area contributed by atoms with Crippen LogP contribution in [0.2, 0.25) is 0 Å². The van der Waals surface area contributed by atoms with Crippen molar-refractivity contribution in [1.29, 1.82) is 0 Å². The first-order valence-corrected chi connectivity index (χ1v) is 8.01. The minimum Gasteiger partial charge on any atom is -0.380 e. The van der Waals surface area contributed by atoms with E-state index in [9.17, 15) is 0 Å². The fourth-order valence-corrected chi connectivity index (χ4v) is 3.30. The zero-order valence-electron chi connectivity index (χ0n) is 13.3. The standard InChI is InChI=1S/C17H24N4O/c1-3-21-17(13-9-10-15(22-2)14(18)11-13)19-16(20-21)12-7-5-4-6-8-12/h4-8,13-15H,3,9-11,18H2,1-2H3/t13-,14+,15+/m0/s1. The van der Waals surface area contributed by atoms with Crippen molar-refractivity contribution in [1.82, 2.24) is 14.8 Å². The van der Waals surface area contributed by atoms with E-state index in [0.717, 1.165) is 43.0 Å². The van der Waals surface area contributed by atoms with E-state index in [4.69, 9.17) is 15.5 Å². The van der Waals surface area contributed by atoms with E-state index in [2.05, 4.69) is 12.0 Å². The van der Waals surface area contributed by atoms with Gasteiger partial charge in [0.2, 0.25) is 0 Å². The van der Waals surface area contributed by atoms with Crippen LogP contribution >= 0.6 is 0 Å². The van der Waals surface area contributed by atoms with Gasteiger partial charge in [-0.3, -0.25) is 0 Å². The molecule has 3 rings (SSSR count). The Labute approximate surface area is 131 Å². The molecule has 1 aliphatic rings. The number of aromatic nitrogens is 3. The summed E-state index contributed by atoms with van der Waals surface area (Å²) in [6.07, 6.45) is 3.12. The van der Waals surface area contributed by atoms with Crippen LogP contribution in [-0.2, 0) is 11.3 Å². The van der Waals surface area contributed by atoms with Crippen LogP contribution in [0.3, 0.4) is 0 Å². The van der Waals surface area contributed by atoms with Gasteiger partial charge in [0.1, 0.15) is 5.82 Å². The molecule has 0 saturated heterocycles. The number of ether oxygens (including phenoxy) is 1. The van der Waals surface area contributed by atoms with Crippen LogP contribution in [0, 0.1) is 0 Å². The van der Waals surface area contributed by atoms with Crippen molar-refractivity contribution in [3.63, 3.8) is 0 Å². The van der Waals surface area contributed by atoms with Crippen LogP contribution in [-0.4, -0.2) is 34.0 Å². The molecule has 1 aromatic carbocycles. The van der Waals surface area contributed by atoms with Crippen molar-refractivity contribution >= 4 is 0 Å². The van der Waals surface area contributed by atoms with Gasteiger partial charge in [-0.05, 0) is 26.2 Å². The number of rotatable bonds is 4. The summed E-state index contributed by atoms with van der Waals surface area (Å²) in [5.74, 6) is 2.23. The van der Waals surface area contributed by atoms with E-state index in [-0.39, 0.29) is 12.1 Å². The van der Waals surface area contributed by atoms with E-state index >= 15 is 0 Å². The lowest BCUT2D eigenvalue weighted by atomic mass is 9.83. The number of nitrogens with two attached hydrogens (primary N) is 1. The molecule has 1 heterocycles. The molecule has 0 unspecified atom stereocenters. The molecule has 3 atom stereocenters. The van der Waals surface area contributed by atoms with Crippen LogP contribution < -0.4 is 5.73 Å². The molecule has 1 aromatic heterocycles. The lowest BCUT2D eigenvalue weighted by Gasteiger charge is -2.32. The summed E-state index contributed by atoms with van der Waals surface area (Å²) in [6, 6.07) is 10.2. The van der Waals surface area contributed by atoms with Crippen molar-refractivity contribution in [3.8, 4) is 11.4 Å². The Morgan fingerprint density at radius 2 is 2.05 bits per heavy atom. The van der Waals surface area contributed by atoms with Gasteiger partial charge in [-0.25, -0.2) is 9.67 Å². The zero-order valence-corrected chi connectivity index (χ0v) is 13.3. The van der Waals surface area contributed by atoms with E-state index in [0.29, 0.717) is 5.92 Å². The predicted octanol–water partition coefficient (Wildman–Crippen LogP) is 2.57. The lowest BCUT2D eigenvalue weighted by Crippen LogP contribution is -2.41. The minimum absolute atomic E-state index is 0.0749. The first kappa shape index (κ1) is 15.2. The highest BCUT2D eigenvalue weighted by atomic mass is 16.5. The highest BCUT2D eigenvalue weighted by Gasteiger charge is 2.31. The molecule has 0 amide bonds.